The number of benzene rings is 1. The Morgan fingerprint density at radius 2 is 2.00 bits per heavy atom. The average molecular weight is 407 g/mol. The highest BCUT2D eigenvalue weighted by atomic mass is 19.1. The Kier molecular flexibility index (Phi) is 4.63. The number of H-pyrrole nitrogens is 1. The van der Waals surface area contributed by atoms with Crippen molar-refractivity contribution in [3.63, 3.8) is 0 Å². The van der Waals surface area contributed by atoms with E-state index in [0.717, 1.165) is 11.5 Å². The molecule has 0 aliphatic carbocycles. The van der Waals surface area contributed by atoms with Gasteiger partial charge in [-0.05, 0) is 42.8 Å². The zero-order valence-electron chi connectivity index (χ0n) is 16.3. The van der Waals surface area contributed by atoms with E-state index in [9.17, 15) is 8.78 Å². The van der Waals surface area contributed by atoms with Crippen LogP contribution in [0.3, 0.4) is 0 Å². The van der Waals surface area contributed by atoms with E-state index in [1.807, 2.05) is 12.1 Å². The third kappa shape index (κ3) is 3.19. The maximum Gasteiger partial charge on any atom is 0.133 e. The van der Waals surface area contributed by atoms with E-state index in [1.54, 1.807) is 18.5 Å². The van der Waals surface area contributed by atoms with Crippen molar-refractivity contribution in [2.45, 2.75) is 13.0 Å². The first-order valence-corrected chi connectivity index (χ1v) is 9.71. The van der Waals surface area contributed by atoms with Crippen molar-refractivity contribution in [1.82, 2.24) is 20.2 Å². The van der Waals surface area contributed by atoms with Crippen molar-refractivity contribution in [1.29, 1.82) is 0 Å². The van der Waals surface area contributed by atoms with Crippen molar-refractivity contribution in [2.24, 2.45) is 0 Å². The highest BCUT2D eigenvalue weighted by molar-refractivity contribution is 6.01. The summed E-state index contributed by atoms with van der Waals surface area (Å²) in [6.45, 7) is 3.90. The predicted octanol–water partition coefficient (Wildman–Crippen LogP) is 4.19. The summed E-state index contributed by atoms with van der Waals surface area (Å²) in [5.41, 5.74) is 2.90. The number of pyridine rings is 2. The van der Waals surface area contributed by atoms with Gasteiger partial charge in [-0.3, -0.25) is 10.1 Å². The summed E-state index contributed by atoms with van der Waals surface area (Å²) in [6.07, 6.45) is 3.30. The molecule has 1 saturated heterocycles. The van der Waals surface area contributed by atoms with Gasteiger partial charge in [-0.15, -0.1) is 0 Å². The molecule has 0 spiro atoms. The molecular formula is C22H19F2N5O. The van der Waals surface area contributed by atoms with Gasteiger partial charge in [0.25, 0.3) is 0 Å². The van der Waals surface area contributed by atoms with Crippen molar-refractivity contribution in [2.75, 3.05) is 24.7 Å². The molecule has 0 amide bonds. The summed E-state index contributed by atoms with van der Waals surface area (Å²) in [4.78, 5) is 11.5. The molecule has 1 aliphatic heterocycles. The quantitative estimate of drug-likeness (QED) is 0.552. The van der Waals surface area contributed by atoms with Crippen LogP contribution in [0.5, 0.6) is 0 Å². The lowest BCUT2D eigenvalue weighted by Crippen LogP contribution is -2.44. The van der Waals surface area contributed by atoms with Crippen molar-refractivity contribution >= 4 is 16.7 Å². The summed E-state index contributed by atoms with van der Waals surface area (Å²) in [5.74, 6) is -0.536. The number of anilines is 1. The largest absolute Gasteiger partial charge is 0.377 e. The SMILES string of the molecule is CC1COCCN1c1cc(-c2ccc(F)cc2F)c2ccnc(-c3ccn[nH]3)c2n1. The highest BCUT2D eigenvalue weighted by Gasteiger charge is 2.23. The van der Waals surface area contributed by atoms with Crippen LogP contribution in [0.4, 0.5) is 14.6 Å². The van der Waals surface area contributed by atoms with Crippen LogP contribution in [0, 0.1) is 11.6 Å². The molecule has 3 aromatic heterocycles. The maximum absolute atomic E-state index is 14.8. The third-order valence-corrected chi connectivity index (χ3v) is 5.35. The minimum atomic E-state index is -0.622. The number of halogens is 2. The van der Waals surface area contributed by atoms with Crippen molar-refractivity contribution in [3.8, 4) is 22.5 Å². The van der Waals surface area contributed by atoms with Crippen LogP contribution in [0.15, 0.2) is 48.8 Å². The second-order valence-electron chi connectivity index (χ2n) is 7.30. The van der Waals surface area contributed by atoms with Gasteiger partial charge >= 0.3 is 0 Å². The summed E-state index contributed by atoms with van der Waals surface area (Å²) in [6, 6.07) is 9.20. The van der Waals surface area contributed by atoms with Gasteiger partial charge in [-0.25, -0.2) is 13.8 Å². The molecule has 1 aliphatic rings. The molecule has 8 heteroatoms. The molecule has 4 aromatic rings. The summed E-state index contributed by atoms with van der Waals surface area (Å²) in [5, 5.41) is 7.66. The number of nitrogens with one attached hydrogen (secondary N) is 1. The molecule has 152 valence electrons. The van der Waals surface area contributed by atoms with E-state index < -0.39 is 11.6 Å². The molecule has 1 fully saturated rings. The molecule has 1 unspecified atom stereocenters. The zero-order valence-corrected chi connectivity index (χ0v) is 16.3. The van der Waals surface area contributed by atoms with E-state index in [4.69, 9.17) is 9.72 Å². The van der Waals surface area contributed by atoms with Gasteiger partial charge in [-0.1, -0.05) is 0 Å². The van der Waals surface area contributed by atoms with Crippen LogP contribution in [-0.4, -0.2) is 46.0 Å². The fraction of sp³-hybridized carbons (Fsp3) is 0.227. The Morgan fingerprint density at radius 1 is 1.10 bits per heavy atom. The van der Waals surface area contributed by atoms with Gasteiger partial charge in [0.15, 0.2) is 0 Å². The van der Waals surface area contributed by atoms with Gasteiger partial charge < -0.3 is 9.64 Å². The van der Waals surface area contributed by atoms with Crippen LogP contribution >= 0.6 is 0 Å². The molecule has 1 atom stereocenters. The summed E-state index contributed by atoms with van der Waals surface area (Å²) >= 11 is 0. The van der Waals surface area contributed by atoms with Crippen LogP contribution in [0.2, 0.25) is 0 Å². The lowest BCUT2D eigenvalue weighted by Gasteiger charge is -2.34. The molecule has 0 saturated carbocycles. The smallest absolute Gasteiger partial charge is 0.133 e. The summed E-state index contributed by atoms with van der Waals surface area (Å²) in [7, 11) is 0. The number of aromatic amines is 1. The number of fused-ring (bicyclic) bond motifs is 1. The molecule has 6 nitrogen and oxygen atoms in total. The Hall–Kier alpha value is -3.39. The first-order valence-electron chi connectivity index (χ1n) is 9.71. The van der Waals surface area contributed by atoms with E-state index in [-0.39, 0.29) is 6.04 Å². The molecule has 0 radical (unpaired) electrons. The van der Waals surface area contributed by atoms with Gasteiger partial charge in [0, 0.05) is 36.0 Å². The topological polar surface area (TPSA) is 66.9 Å². The van der Waals surface area contributed by atoms with E-state index >= 15 is 0 Å². The van der Waals surface area contributed by atoms with Gasteiger partial charge in [-0.2, -0.15) is 5.10 Å². The standard InChI is InChI=1S/C22H19F2N5O/c1-13-12-30-9-8-29(13)20-11-17(15-3-2-14(23)10-18(15)24)16-4-6-25-22(21(16)27-20)19-5-7-26-28-19/h2-7,10-11,13H,8-9,12H2,1H3,(H,26,28). The number of aromatic nitrogens is 4. The van der Waals surface area contributed by atoms with Gasteiger partial charge in [0.05, 0.1) is 24.9 Å². The number of hydrogen-bond acceptors (Lipinski definition) is 5. The molecular weight excluding hydrogens is 388 g/mol. The molecule has 4 heterocycles. The third-order valence-electron chi connectivity index (χ3n) is 5.35. The Balaban J connectivity index is 1.80. The number of rotatable bonds is 3. The Labute approximate surface area is 171 Å². The first kappa shape index (κ1) is 18.6. The number of morpholine rings is 1. The molecule has 1 N–H and O–H groups in total. The van der Waals surface area contributed by atoms with Gasteiger partial charge in [0.1, 0.15) is 28.7 Å². The zero-order chi connectivity index (χ0) is 20.7. The fourth-order valence-electron chi connectivity index (χ4n) is 3.87. The van der Waals surface area contributed by atoms with Gasteiger partial charge in [0.2, 0.25) is 0 Å². The monoisotopic (exact) mass is 407 g/mol. The van der Waals surface area contributed by atoms with Crippen molar-refractivity contribution < 1.29 is 13.5 Å². The van der Waals surface area contributed by atoms with Crippen LogP contribution in [-0.2, 0) is 4.74 Å². The molecule has 0 bridgehead atoms. The second-order valence-corrected chi connectivity index (χ2v) is 7.30. The number of nitrogens with zero attached hydrogens (tertiary/aromatic N) is 4. The number of hydrogen-bond donors (Lipinski definition) is 1. The average Bonchev–Trinajstić information content (AvgIpc) is 3.28. The summed E-state index contributed by atoms with van der Waals surface area (Å²) < 4.78 is 33.9. The number of ether oxygens (including phenoxy) is 1. The van der Waals surface area contributed by atoms with E-state index in [0.29, 0.717) is 53.6 Å². The minimum Gasteiger partial charge on any atom is -0.377 e. The van der Waals surface area contributed by atoms with Crippen LogP contribution < -0.4 is 4.90 Å². The molecule has 5 rings (SSSR count). The lowest BCUT2D eigenvalue weighted by molar-refractivity contribution is 0.0986. The molecule has 30 heavy (non-hydrogen) atoms. The lowest BCUT2D eigenvalue weighted by atomic mass is 9.99. The van der Waals surface area contributed by atoms with Crippen LogP contribution in [0.1, 0.15) is 6.92 Å². The Bertz CT molecular complexity index is 1210. The Morgan fingerprint density at radius 3 is 2.77 bits per heavy atom. The van der Waals surface area contributed by atoms with Crippen molar-refractivity contribution in [3.05, 3.63) is 60.4 Å². The van der Waals surface area contributed by atoms with Crippen LogP contribution in [0.25, 0.3) is 33.4 Å². The van der Waals surface area contributed by atoms with E-state index in [2.05, 4.69) is 27.0 Å². The maximum atomic E-state index is 14.8. The molecule has 1 aromatic carbocycles. The minimum absolute atomic E-state index is 0.113. The van der Waals surface area contributed by atoms with E-state index in [1.165, 1.54) is 12.1 Å². The fourth-order valence-corrected chi connectivity index (χ4v) is 3.87. The first-order chi connectivity index (χ1) is 14.6. The predicted molar refractivity (Wildman–Crippen MR) is 110 cm³/mol. The highest BCUT2D eigenvalue weighted by Crippen LogP contribution is 2.36. The normalized spacial score (nSPS) is 16.9. The second kappa shape index (κ2) is 7.46.